The second-order valence-electron chi connectivity index (χ2n) is 6.93. The Kier molecular flexibility index (Phi) is 5.60. The molecular weight excluding hydrogens is 420 g/mol. The number of halogens is 1. The van der Waals surface area contributed by atoms with Crippen molar-refractivity contribution < 1.29 is 14.3 Å². The Balaban J connectivity index is 1.75. The molecule has 10 heteroatoms. The van der Waals surface area contributed by atoms with Crippen molar-refractivity contribution in [2.75, 3.05) is 13.7 Å². The van der Waals surface area contributed by atoms with Crippen LogP contribution >= 0.6 is 11.6 Å². The number of aromatic nitrogens is 6. The topological polar surface area (TPSA) is 97.0 Å². The van der Waals surface area contributed by atoms with Gasteiger partial charge in [0.25, 0.3) is 5.95 Å². The molecule has 0 saturated heterocycles. The second-order valence-corrected chi connectivity index (χ2v) is 7.34. The minimum absolute atomic E-state index is 0.100. The van der Waals surface area contributed by atoms with Crippen molar-refractivity contribution in [3.63, 3.8) is 0 Å². The number of methoxy groups -OCH3 is 1. The number of benzene rings is 1. The number of rotatable bonds is 6. The second kappa shape index (κ2) is 8.35. The molecule has 3 aromatic heterocycles. The van der Waals surface area contributed by atoms with Gasteiger partial charge in [-0.05, 0) is 38.0 Å². The van der Waals surface area contributed by atoms with E-state index in [2.05, 4.69) is 20.2 Å². The maximum absolute atomic E-state index is 11.9. The lowest BCUT2D eigenvalue weighted by Gasteiger charge is -2.16. The van der Waals surface area contributed by atoms with Gasteiger partial charge in [0, 0.05) is 11.2 Å². The number of carbonyl (C=O) groups excluding carboxylic acids is 1. The van der Waals surface area contributed by atoms with Gasteiger partial charge in [0.15, 0.2) is 0 Å². The molecule has 0 aliphatic carbocycles. The Morgan fingerprint density at radius 3 is 2.74 bits per heavy atom. The molecule has 0 aliphatic rings. The molecule has 1 aromatic carbocycles. The number of carbonyl (C=O) groups is 1. The van der Waals surface area contributed by atoms with Crippen LogP contribution in [-0.4, -0.2) is 49.2 Å². The van der Waals surface area contributed by atoms with Crippen LogP contribution in [0.1, 0.15) is 41.4 Å². The predicted octanol–water partition coefficient (Wildman–Crippen LogP) is 3.77. The highest BCUT2D eigenvalue weighted by Crippen LogP contribution is 2.30. The Labute approximate surface area is 183 Å². The molecule has 0 fully saturated rings. The highest BCUT2D eigenvalue weighted by Gasteiger charge is 2.20. The summed E-state index contributed by atoms with van der Waals surface area (Å²) >= 11 is 6.17. The standard InChI is InChI=1S/C21H21ClN6O3/c1-5-31-20(29)15-9-23-27(11-15)21-25-17-10-24-28(18(17)19(26-21)30-4)13(3)14-6-7-16(22)12(2)8-14/h6-11,13H,5H2,1-4H3. The summed E-state index contributed by atoms with van der Waals surface area (Å²) in [4.78, 5) is 21.0. The van der Waals surface area contributed by atoms with Gasteiger partial charge in [0.05, 0.1) is 37.7 Å². The number of nitrogens with zero attached hydrogens (tertiary/aromatic N) is 6. The average molecular weight is 441 g/mol. The summed E-state index contributed by atoms with van der Waals surface area (Å²) < 4.78 is 13.8. The third-order valence-corrected chi connectivity index (χ3v) is 5.35. The molecule has 0 N–H and O–H groups in total. The van der Waals surface area contributed by atoms with Crippen LogP contribution in [0.5, 0.6) is 5.88 Å². The molecule has 0 radical (unpaired) electrons. The van der Waals surface area contributed by atoms with Crippen LogP contribution in [0.3, 0.4) is 0 Å². The molecule has 1 unspecified atom stereocenters. The molecule has 0 saturated carbocycles. The molecule has 160 valence electrons. The van der Waals surface area contributed by atoms with Crippen molar-refractivity contribution in [3.05, 3.63) is 58.5 Å². The zero-order valence-electron chi connectivity index (χ0n) is 17.5. The van der Waals surface area contributed by atoms with Crippen LogP contribution < -0.4 is 4.74 Å². The maximum atomic E-state index is 11.9. The van der Waals surface area contributed by atoms with Crippen LogP contribution in [-0.2, 0) is 4.74 Å². The van der Waals surface area contributed by atoms with Gasteiger partial charge >= 0.3 is 5.97 Å². The lowest BCUT2D eigenvalue weighted by molar-refractivity contribution is 0.0526. The molecule has 0 aliphatic heterocycles. The van der Waals surface area contributed by atoms with E-state index in [-0.39, 0.29) is 18.6 Å². The van der Waals surface area contributed by atoms with Crippen LogP contribution in [0.4, 0.5) is 0 Å². The first kappa shape index (κ1) is 20.8. The molecule has 0 bridgehead atoms. The van der Waals surface area contributed by atoms with Gasteiger partial charge in [0.2, 0.25) is 5.88 Å². The zero-order chi connectivity index (χ0) is 22.1. The SMILES string of the molecule is CCOC(=O)c1cnn(-c2nc(OC)c3c(cnn3C(C)c3ccc(Cl)c(C)c3)n2)c1. The van der Waals surface area contributed by atoms with Crippen LogP contribution in [0.25, 0.3) is 17.0 Å². The van der Waals surface area contributed by atoms with E-state index in [1.54, 1.807) is 13.1 Å². The maximum Gasteiger partial charge on any atom is 0.341 e. The summed E-state index contributed by atoms with van der Waals surface area (Å²) in [6, 6.07) is 5.77. The van der Waals surface area contributed by atoms with Crippen LogP contribution in [0.15, 0.2) is 36.8 Å². The van der Waals surface area contributed by atoms with E-state index in [4.69, 9.17) is 21.1 Å². The van der Waals surface area contributed by atoms with Crippen molar-refractivity contribution in [1.29, 1.82) is 0 Å². The van der Waals surface area contributed by atoms with Crippen LogP contribution in [0, 0.1) is 6.92 Å². The highest BCUT2D eigenvalue weighted by atomic mass is 35.5. The summed E-state index contributed by atoms with van der Waals surface area (Å²) in [7, 11) is 1.53. The molecule has 4 rings (SSSR count). The Morgan fingerprint density at radius 2 is 2.03 bits per heavy atom. The van der Waals surface area contributed by atoms with E-state index < -0.39 is 5.97 Å². The third-order valence-electron chi connectivity index (χ3n) is 4.92. The predicted molar refractivity (Wildman–Crippen MR) is 115 cm³/mol. The van der Waals surface area contributed by atoms with E-state index in [1.807, 2.05) is 36.7 Å². The van der Waals surface area contributed by atoms with Crippen molar-refractivity contribution in [2.24, 2.45) is 0 Å². The number of aryl methyl sites for hydroxylation is 1. The normalized spacial score (nSPS) is 12.2. The summed E-state index contributed by atoms with van der Waals surface area (Å²) in [5.41, 5.74) is 3.59. The van der Waals surface area contributed by atoms with Gasteiger partial charge in [-0.15, -0.1) is 0 Å². The third kappa shape index (κ3) is 3.84. The molecular formula is C21H21ClN6O3. The lowest BCUT2D eigenvalue weighted by atomic mass is 10.1. The highest BCUT2D eigenvalue weighted by molar-refractivity contribution is 6.31. The minimum Gasteiger partial charge on any atom is -0.479 e. The summed E-state index contributed by atoms with van der Waals surface area (Å²) in [5, 5.41) is 9.41. The van der Waals surface area contributed by atoms with Crippen molar-refractivity contribution >= 4 is 28.6 Å². The fraction of sp³-hybridized carbons (Fsp3) is 0.286. The van der Waals surface area contributed by atoms with Crippen LogP contribution in [0.2, 0.25) is 5.02 Å². The first-order valence-electron chi connectivity index (χ1n) is 9.70. The molecule has 9 nitrogen and oxygen atoms in total. The number of hydrogen-bond donors (Lipinski definition) is 0. The van der Waals surface area contributed by atoms with E-state index in [1.165, 1.54) is 24.2 Å². The largest absolute Gasteiger partial charge is 0.479 e. The van der Waals surface area contributed by atoms with E-state index in [0.29, 0.717) is 27.5 Å². The molecule has 1 atom stereocenters. The van der Waals surface area contributed by atoms with Gasteiger partial charge < -0.3 is 9.47 Å². The number of ether oxygens (including phenoxy) is 2. The van der Waals surface area contributed by atoms with E-state index in [9.17, 15) is 4.79 Å². The Morgan fingerprint density at radius 1 is 1.23 bits per heavy atom. The van der Waals surface area contributed by atoms with Gasteiger partial charge in [-0.1, -0.05) is 23.7 Å². The summed E-state index contributed by atoms with van der Waals surface area (Å²) in [6.45, 7) is 6.02. The first-order chi connectivity index (χ1) is 14.9. The van der Waals surface area contributed by atoms with E-state index in [0.717, 1.165) is 11.1 Å². The van der Waals surface area contributed by atoms with Crippen molar-refractivity contribution in [2.45, 2.75) is 26.8 Å². The monoisotopic (exact) mass is 440 g/mol. The smallest absolute Gasteiger partial charge is 0.341 e. The van der Waals surface area contributed by atoms with Crippen molar-refractivity contribution in [3.8, 4) is 11.8 Å². The Bertz CT molecular complexity index is 1270. The number of esters is 1. The number of hydrogen-bond acceptors (Lipinski definition) is 7. The quantitative estimate of drug-likeness (QED) is 0.421. The fourth-order valence-corrected chi connectivity index (χ4v) is 3.40. The summed E-state index contributed by atoms with van der Waals surface area (Å²) in [5.74, 6) is 0.152. The average Bonchev–Trinajstić information content (AvgIpc) is 3.42. The zero-order valence-corrected chi connectivity index (χ0v) is 18.3. The van der Waals surface area contributed by atoms with E-state index >= 15 is 0 Å². The molecule has 3 heterocycles. The summed E-state index contributed by atoms with van der Waals surface area (Å²) in [6.07, 6.45) is 4.58. The fourth-order valence-electron chi connectivity index (χ4n) is 3.28. The molecule has 0 amide bonds. The molecule has 31 heavy (non-hydrogen) atoms. The first-order valence-corrected chi connectivity index (χ1v) is 10.1. The minimum atomic E-state index is -0.457. The molecule has 0 spiro atoms. The van der Waals surface area contributed by atoms with Crippen molar-refractivity contribution in [1.82, 2.24) is 29.5 Å². The van der Waals surface area contributed by atoms with Gasteiger partial charge in [-0.2, -0.15) is 15.2 Å². The van der Waals surface area contributed by atoms with Gasteiger partial charge in [0.1, 0.15) is 11.0 Å². The van der Waals surface area contributed by atoms with Gasteiger partial charge in [-0.3, -0.25) is 4.68 Å². The van der Waals surface area contributed by atoms with Gasteiger partial charge in [-0.25, -0.2) is 14.5 Å². The lowest BCUT2D eigenvalue weighted by Crippen LogP contribution is -2.11. The number of fused-ring (bicyclic) bond motifs is 1. The Hall–Kier alpha value is -3.46. The molecule has 4 aromatic rings.